The van der Waals surface area contributed by atoms with E-state index in [1.54, 1.807) is 4.90 Å². The highest BCUT2D eigenvalue weighted by Gasteiger charge is 2.51. The second-order valence-corrected chi connectivity index (χ2v) is 8.55. The van der Waals surface area contributed by atoms with Crippen molar-refractivity contribution in [1.29, 1.82) is 0 Å². The Morgan fingerprint density at radius 3 is 2.87 bits per heavy atom. The minimum absolute atomic E-state index is 0.0149. The molecule has 156 valence electrons. The monoisotopic (exact) mass is 431 g/mol. The number of amides is 2. The number of aromatic hydroxyl groups is 1. The van der Waals surface area contributed by atoms with Crippen LogP contribution >= 0.6 is 11.6 Å². The van der Waals surface area contributed by atoms with E-state index >= 15 is 0 Å². The number of rotatable bonds is 3. The lowest BCUT2D eigenvalue weighted by molar-refractivity contribution is 0.0482. The first-order valence-electron chi connectivity index (χ1n) is 9.86. The first-order chi connectivity index (χ1) is 14.3. The number of nitrogens with one attached hydrogen (secondary N) is 1. The van der Waals surface area contributed by atoms with E-state index in [0.29, 0.717) is 18.0 Å². The van der Waals surface area contributed by atoms with Crippen molar-refractivity contribution in [1.82, 2.24) is 14.8 Å². The average Bonchev–Trinajstić information content (AvgIpc) is 3.32. The fourth-order valence-corrected chi connectivity index (χ4v) is 5.32. The van der Waals surface area contributed by atoms with Crippen LogP contribution in [0.2, 0.25) is 5.02 Å². The summed E-state index contributed by atoms with van der Waals surface area (Å²) in [6, 6.07) is 3.99. The van der Waals surface area contributed by atoms with Crippen LogP contribution in [0.4, 0.5) is 4.39 Å². The average molecular weight is 432 g/mol. The number of hydrogen-bond donors (Lipinski definition) is 2. The smallest absolute Gasteiger partial charge is 0.275 e. The van der Waals surface area contributed by atoms with Crippen LogP contribution in [0, 0.1) is 11.7 Å². The summed E-state index contributed by atoms with van der Waals surface area (Å²) in [5, 5.41) is 13.2. The zero-order chi connectivity index (χ0) is 21.2. The van der Waals surface area contributed by atoms with Gasteiger partial charge in [0.1, 0.15) is 11.4 Å². The van der Waals surface area contributed by atoms with E-state index in [1.165, 1.54) is 22.9 Å². The summed E-state index contributed by atoms with van der Waals surface area (Å²) in [7, 11) is 0. The number of nitrogens with zero attached hydrogens (tertiary/aromatic N) is 2. The molecule has 7 nitrogen and oxygen atoms in total. The van der Waals surface area contributed by atoms with Gasteiger partial charge in [0, 0.05) is 30.4 Å². The molecule has 5 rings (SSSR count). The molecule has 2 bridgehead atoms. The summed E-state index contributed by atoms with van der Waals surface area (Å²) in [5.41, 5.74) is -0.706. The lowest BCUT2D eigenvalue weighted by Gasteiger charge is -2.40. The Bertz CT molecular complexity index is 1150. The predicted molar refractivity (Wildman–Crippen MR) is 106 cm³/mol. The van der Waals surface area contributed by atoms with Gasteiger partial charge in [-0.2, -0.15) is 0 Å². The van der Waals surface area contributed by atoms with Gasteiger partial charge in [0.25, 0.3) is 11.8 Å². The molecule has 3 aliphatic rings. The number of pyridine rings is 1. The van der Waals surface area contributed by atoms with Gasteiger partial charge in [0.05, 0.1) is 6.04 Å². The van der Waals surface area contributed by atoms with Crippen molar-refractivity contribution >= 4 is 23.4 Å². The van der Waals surface area contributed by atoms with E-state index in [1.807, 2.05) is 0 Å². The van der Waals surface area contributed by atoms with Crippen molar-refractivity contribution in [2.75, 3.05) is 0 Å². The van der Waals surface area contributed by atoms with Crippen LogP contribution < -0.4 is 10.7 Å². The fourth-order valence-electron chi connectivity index (χ4n) is 5.08. The van der Waals surface area contributed by atoms with Gasteiger partial charge in [0.2, 0.25) is 5.43 Å². The van der Waals surface area contributed by atoms with E-state index in [2.05, 4.69) is 5.32 Å². The zero-order valence-corrected chi connectivity index (χ0v) is 16.7. The Morgan fingerprint density at radius 1 is 1.30 bits per heavy atom. The SMILES string of the molecule is O=C(NCc1ccc(F)cc1Cl)c1cn2c(c(O)c1=O)C(=O)N1[C@@H]3CC[C@@H](C3)[C@@H]1C2. The molecule has 3 heterocycles. The Balaban J connectivity index is 1.44. The van der Waals surface area contributed by atoms with Crippen LogP contribution in [0.25, 0.3) is 0 Å². The number of benzene rings is 1. The van der Waals surface area contributed by atoms with E-state index in [-0.39, 0.29) is 40.8 Å². The van der Waals surface area contributed by atoms with Crippen LogP contribution in [0.5, 0.6) is 5.75 Å². The molecule has 30 heavy (non-hydrogen) atoms. The molecule has 1 aromatic heterocycles. The molecule has 0 radical (unpaired) electrons. The van der Waals surface area contributed by atoms with Crippen LogP contribution in [0.3, 0.4) is 0 Å². The molecule has 1 aromatic carbocycles. The van der Waals surface area contributed by atoms with Gasteiger partial charge in [-0.1, -0.05) is 17.7 Å². The van der Waals surface area contributed by atoms with Gasteiger partial charge in [-0.25, -0.2) is 4.39 Å². The van der Waals surface area contributed by atoms with E-state index in [9.17, 15) is 23.9 Å². The third-order valence-corrected chi connectivity index (χ3v) is 6.87. The van der Waals surface area contributed by atoms with Crippen LogP contribution in [-0.4, -0.2) is 38.5 Å². The number of hydrogen-bond acceptors (Lipinski definition) is 4. The summed E-state index contributed by atoms with van der Waals surface area (Å²) >= 11 is 5.97. The molecule has 9 heteroatoms. The lowest BCUT2D eigenvalue weighted by atomic mass is 9.95. The van der Waals surface area contributed by atoms with Gasteiger partial charge in [-0.15, -0.1) is 0 Å². The van der Waals surface area contributed by atoms with Crippen molar-refractivity contribution in [3.05, 3.63) is 62.3 Å². The molecule has 1 aliphatic carbocycles. The van der Waals surface area contributed by atoms with Crippen molar-refractivity contribution < 1.29 is 19.1 Å². The summed E-state index contributed by atoms with van der Waals surface area (Å²) in [5.74, 6) is -1.83. The molecule has 2 amide bonds. The van der Waals surface area contributed by atoms with Crippen molar-refractivity contribution in [3.63, 3.8) is 0 Å². The molecule has 2 fully saturated rings. The minimum Gasteiger partial charge on any atom is -0.503 e. The van der Waals surface area contributed by atoms with Gasteiger partial charge < -0.3 is 19.9 Å². The number of carbonyl (C=O) groups excluding carboxylic acids is 2. The molecule has 1 saturated carbocycles. The first-order valence-corrected chi connectivity index (χ1v) is 10.2. The molecule has 0 spiro atoms. The van der Waals surface area contributed by atoms with Crippen LogP contribution in [0.1, 0.15) is 45.7 Å². The number of aromatic nitrogens is 1. The number of fused-ring (bicyclic) bond motifs is 6. The minimum atomic E-state index is -0.889. The predicted octanol–water partition coefficient (Wildman–Crippen LogP) is 2.28. The maximum Gasteiger partial charge on any atom is 0.275 e. The number of halogens is 2. The molecule has 2 aliphatic heterocycles. The van der Waals surface area contributed by atoms with Gasteiger partial charge in [-0.3, -0.25) is 14.4 Å². The van der Waals surface area contributed by atoms with Gasteiger partial charge >= 0.3 is 0 Å². The third kappa shape index (κ3) is 2.81. The zero-order valence-electron chi connectivity index (χ0n) is 15.9. The Labute approximate surface area is 176 Å². The highest BCUT2D eigenvalue weighted by Crippen LogP contribution is 2.45. The van der Waals surface area contributed by atoms with Crippen molar-refractivity contribution in [2.24, 2.45) is 5.92 Å². The molecule has 2 aromatic rings. The number of piperidine rings is 1. The highest BCUT2D eigenvalue weighted by molar-refractivity contribution is 6.31. The molecular weight excluding hydrogens is 413 g/mol. The topological polar surface area (TPSA) is 91.6 Å². The standard InChI is InChI=1S/C21H19ClFN3O4/c22-15-6-12(23)3-1-11(15)7-24-20(29)14-8-25-9-16-10-2-4-13(5-10)26(16)21(30)17(25)19(28)18(14)27/h1,3,6,8,10,13,16,28H,2,4-5,7,9H2,(H,24,29)/t10-,13+,16-/m0/s1. The first kappa shape index (κ1) is 19.1. The summed E-state index contributed by atoms with van der Waals surface area (Å²) in [6.07, 6.45) is 4.30. The normalized spacial score (nSPS) is 24.0. The lowest BCUT2D eigenvalue weighted by Crippen LogP contribution is -2.52. The maximum absolute atomic E-state index is 13.2. The van der Waals surface area contributed by atoms with E-state index in [4.69, 9.17) is 11.6 Å². The molecule has 3 atom stereocenters. The fraction of sp³-hybridized carbons (Fsp3) is 0.381. The molecule has 2 N–H and O–H groups in total. The Morgan fingerprint density at radius 2 is 2.10 bits per heavy atom. The van der Waals surface area contributed by atoms with E-state index < -0.39 is 22.9 Å². The third-order valence-electron chi connectivity index (χ3n) is 6.52. The maximum atomic E-state index is 13.2. The largest absolute Gasteiger partial charge is 0.503 e. The second kappa shape index (κ2) is 6.84. The molecule has 0 unspecified atom stereocenters. The van der Waals surface area contributed by atoms with Gasteiger partial charge in [0.15, 0.2) is 11.4 Å². The van der Waals surface area contributed by atoms with E-state index in [0.717, 1.165) is 25.3 Å². The van der Waals surface area contributed by atoms with Crippen molar-refractivity contribution in [3.8, 4) is 5.75 Å². The number of carbonyl (C=O) groups is 2. The quantitative estimate of drug-likeness (QED) is 0.780. The molecular formula is C21H19ClFN3O4. The molecule has 1 saturated heterocycles. The van der Waals surface area contributed by atoms with Gasteiger partial charge in [-0.05, 0) is 42.9 Å². The van der Waals surface area contributed by atoms with Crippen molar-refractivity contribution in [2.45, 2.75) is 44.4 Å². The van der Waals surface area contributed by atoms with Crippen LogP contribution in [-0.2, 0) is 13.1 Å². The summed E-state index contributed by atoms with van der Waals surface area (Å²) < 4.78 is 14.7. The summed E-state index contributed by atoms with van der Waals surface area (Å²) in [6.45, 7) is 0.430. The van der Waals surface area contributed by atoms with Crippen LogP contribution in [0.15, 0.2) is 29.2 Å². The summed E-state index contributed by atoms with van der Waals surface area (Å²) in [4.78, 5) is 40.1. The second-order valence-electron chi connectivity index (χ2n) is 8.15. The Hall–Kier alpha value is -2.87. The Kier molecular flexibility index (Phi) is 4.36. The highest BCUT2D eigenvalue weighted by atomic mass is 35.5.